The minimum atomic E-state index is -0.202. The van der Waals surface area contributed by atoms with E-state index in [0.29, 0.717) is 11.4 Å². The number of aromatic amines is 1. The quantitative estimate of drug-likeness (QED) is 0.416. The summed E-state index contributed by atoms with van der Waals surface area (Å²) in [7, 11) is 2.12. The van der Waals surface area contributed by atoms with Crippen molar-refractivity contribution < 1.29 is 4.79 Å². The molecule has 1 aromatic carbocycles. The number of carbonyl (C=O) groups excluding carboxylic acids is 1. The summed E-state index contributed by atoms with van der Waals surface area (Å²) in [6, 6.07) is 15.7. The zero-order valence-corrected chi connectivity index (χ0v) is 19.4. The zero-order chi connectivity index (χ0) is 23.8. The molecule has 0 atom stereocenters. The third kappa shape index (κ3) is 4.31. The molecule has 5 aromatic rings. The Morgan fingerprint density at radius 3 is 2.66 bits per heavy atom. The second kappa shape index (κ2) is 8.81. The SMILES string of the molecule is CN1CCN(c2cc(C(=O)Nc3cc4cc(-c5cnc6cc[nH]c6c5)ccc4cn3)ccn2)CC1. The van der Waals surface area contributed by atoms with Crippen molar-refractivity contribution in [1.29, 1.82) is 0 Å². The van der Waals surface area contributed by atoms with E-state index >= 15 is 0 Å². The van der Waals surface area contributed by atoms with E-state index in [4.69, 9.17) is 0 Å². The minimum Gasteiger partial charge on any atom is -0.360 e. The fraction of sp³-hybridized carbons (Fsp3) is 0.185. The highest BCUT2D eigenvalue weighted by molar-refractivity contribution is 6.05. The number of anilines is 2. The van der Waals surface area contributed by atoms with Gasteiger partial charge in [-0.2, -0.15) is 0 Å². The van der Waals surface area contributed by atoms with E-state index in [1.54, 1.807) is 18.5 Å². The van der Waals surface area contributed by atoms with Gasteiger partial charge >= 0.3 is 0 Å². The van der Waals surface area contributed by atoms with E-state index in [0.717, 1.165) is 64.9 Å². The molecule has 4 aromatic heterocycles. The van der Waals surface area contributed by atoms with Crippen LogP contribution in [-0.4, -0.2) is 64.0 Å². The molecule has 1 saturated heterocycles. The summed E-state index contributed by atoms with van der Waals surface area (Å²) in [5.41, 5.74) is 4.58. The number of carbonyl (C=O) groups is 1. The highest BCUT2D eigenvalue weighted by atomic mass is 16.1. The Hall–Kier alpha value is -4.30. The van der Waals surface area contributed by atoms with E-state index in [1.165, 1.54) is 0 Å². The highest BCUT2D eigenvalue weighted by Gasteiger charge is 2.17. The predicted molar refractivity (Wildman–Crippen MR) is 139 cm³/mol. The molecule has 1 aliphatic heterocycles. The summed E-state index contributed by atoms with van der Waals surface area (Å²) in [6.45, 7) is 3.76. The number of rotatable bonds is 4. The summed E-state index contributed by atoms with van der Waals surface area (Å²) >= 11 is 0. The van der Waals surface area contributed by atoms with Crippen LogP contribution in [-0.2, 0) is 0 Å². The fourth-order valence-electron chi connectivity index (χ4n) is 4.44. The van der Waals surface area contributed by atoms with Gasteiger partial charge in [0.15, 0.2) is 0 Å². The van der Waals surface area contributed by atoms with Gasteiger partial charge in [-0.25, -0.2) is 9.97 Å². The van der Waals surface area contributed by atoms with E-state index < -0.39 is 0 Å². The summed E-state index contributed by atoms with van der Waals surface area (Å²) in [5, 5.41) is 4.94. The number of fused-ring (bicyclic) bond motifs is 2. The van der Waals surface area contributed by atoms with E-state index in [2.05, 4.69) is 60.3 Å². The first-order chi connectivity index (χ1) is 17.1. The molecule has 5 heterocycles. The first-order valence-corrected chi connectivity index (χ1v) is 11.7. The van der Waals surface area contributed by atoms with Crippen LogP contribution in [0.1, 0.15) is 10.4 Å². The van der Waals surface area contributed by atoms with Crippen LogP contribution in [0.5, 0.6) is 0 Å². The van der Waals surface area contributed by atoms with Crippen LogP contribution in [0.2, 0.25) is 0 Å². The summed E-state index contributed by atoms with van der Waals surface area (Å²) in [5.74, 6) is 1.14. The van der Waals surface area contributed by atoms with Crippen molar-refractivity contribution in [2.75, 3.05) is 43.4 Å². The van der Waals surface area contributed by atoms with Gasteiger partial charge in [0.1, 0.15) is 11.6 Å². The van der Waals surface area contributed by atoms with Gasteiger partial charge in [0.2, 0.25) is 0 Å². The largest absolute Gasteiger partial charge is 0.360 e. The number of piperazine rings is 1. The molecule has 8 heteroatoms. The molecule has 1 amide bonds. The molecule has 0 bridgehead atoms. The second-order valence-corrected chi connectivity index (χ2v) is 8.91. The van der Waals surface area contributed by atoms with Gasteiger partial charge in [-0.1, -0.05) is 12.1 Å². The van der Waals surface area contributed by atoms with Crippen LogP contribution in [0, 0.1) is 0 Å². The average molecular weight is 464 g/mol. The lowest BCUT2D eigenvalue weighted by Crippen LogP contribution is -2.44. The molecule has 0 spiro atoms. The maximum Gasteiger partial charge on any atom is 0.257 e. The first-order valence-electron chi connectivity index (χ1n) is 11.7. The maximum atomic E-state index is 13.0. The van der Waals surface area contributed by atoms with Crippen molar-refractivity contribution in [3.63, 3.8) is 0 Å². The Bertz CT molecular complexity index is 1540. The van der Waals surface area contributed by atoms with Crippen molar-refractivity contribution >= 4 is 39.3 Å². The summed E-state index contributed by atoms with van der Waals surface area (Å²) in [6.07, 6.45) is 7.24. The van der Waals surface area contributed by atoms with Gasteiger partial charge in [0, 0.05) is 67.5 Å². The molecule has 174 valence electrons. The Morgan fingerprint density at radius 2 is 1.77 bits per heavy atom. The molecule has 6 rings (SSSR count). The van der Waals surface area contributed by atoms with Crippen LogP contribution < -0.4 is 10.2 Å². The molecule has 8 nitrogen and oxygen atoms in total. The number of nitrogens with one attached hydrogen (secondary N) is 2. The fourth-order valence-corrected chi connectivity index (χ4v) is 4.44. The number of likely N-dealkylation sites (N-methyl/N-ethyl adjacent to an activating group) is 1. The number of hydrogen-bond acceptors (Lipinski definition) is 6. The molecule has 1 aliphatic rings. The van der Waals surface area contributed by atoms with E-state index in [9.17, 15) is 4.79 Å². The van der Waals surface area contributed by atoms with Gasteiger partial charge in [-0.3, -0.25) is 9.78 Å². The molecule has 0 unspecified atom stereocenters. The number of pyridine rings is 3. The lowest BCUT2D eigenvalue weighted by molar-refractivity contribution is 0.102. The Balaban J connectivity index is 1.24. The molecule has 1 fully saturated rings. The third-order valence-corrected chi connectivity index (χ3v) is 6.53. The molecular formula is C27H25N7O. The first kappa shape index (κ1) is 21.2. The number of benzene rings is 1. The smallest absolute Gasteiger partial charge is 0.257 e. The highest BCUT2D eigenvalue weighted by Crippen LogP contribution is 2.27. The zero-order valence-electron chi connectivity index (χ0n) is 19.4. The van der Waals surface area contributed by atoms with Gasteiger partial charge in [0.05, 0.1) is 11.0 Å². The van der Waals surface area contributed by atoms with Gasteiger partial charge < -0.3 is 20.1 Å². The average Bonchev–Trinajstić information content (AvgIpc) is 3.37. The van der Waals surface area contributed by atoms with Crippen molar-refractivity contribution in [3.05, 3.63) is 78.9 Å². The van der Waals surface area contributed by atoms with Crippen molar-refractivity contribution in [2.24, 2.45) is 0 Å². The number of amides is 1. The monoisotopic (exact) mass is 463 g/mol. The lowest BCUT2D eigenvalue weighted by Gasteiger charge is -2.33. The van der Waals surface area contributed by atoms with Gasteiger partial charge in [-0.05, 0) is 54.4 Å². The minimum absolute atomic E-state index is 0.202. The summed E-state index contributed by atoms with van der Waals surface area (Å²) < 4.78 is 0. The maximum absolute atomic E-state index is 13.0. The number of aromatic nitrogens is 4. The van der Waals surface area contributed by atoms with Gasteiger partial charge in [-0.15, -0.1) is 0 Å². The number of hydrogen-bond donors (Lipinski definition) is 2. The van der Waals surface area contributed by atoms with Crippen LogP contribution in [0.15, 0.2) is 73.3 Å². The van der Waals surface area contributed by atoms with E-state index in [-0.39, 0.29) is 5.91 Å². The Labute approximate surface area is 202 Å². The topological polar surface area (TPSA) is 90.0 Å². The van der Waals surface area contributed by atoms with Gasteiger partial charge in [0.25, 0.3) is 5.91 Å². The van der Waals surface area contributed by atoms with Crippen LogP contribution >= 0.6 is 0 Å². The van der Waals surface area contributed by atoms with E-state index in [1.807, 2.05) is 36.7 Å². The predicted octanol–water partition coefficient (Wildman–Crippen LogP) is 4.18. The van der Waals surface area contributed by atoms with Crippen LogP contribution in [0.3, 0.4) is 0 Å². The van der Waals surface area contributed by atoms with Crippen molar-refractivity contribution in [1.82, 2.24) is 24.8 Å². The van der Waals surface area contributed by atoms with Crippen LogP contribution in [0.4, 0.5) is 11.6 Å². The molecule has 0 saturated carbocycles. The van der Waals surface area contributed by atoms with Crippen molar-refractivity contribution in [2.45, 2.75) is 0 Å². The van der Waals surface area contributed by atoms with Crippen LogP contribution in [0.25, 0.3) is 32.9 Å². The molecular weight excluding hydrogens is 438 g/mol. The Morgan fingerprint density at radius 1 is 0.886 bits per heavy atom. The second-order valence-electron chi connectivity index (χ2n) is 8.91. The standard InChI is InChI=1S/C27H25N7O/c1-33-8-10-34(11-9-33)26-15-19(4-6-29-26)27(35)32-25-14-21-12-18(2-3-20(21)16-31-25)22-13-24-23(30-17-22)5-7-28-24/h2-7,12-17,28H,8-11H2,1H3,(H,31,32,35). The van der Waals surface area contributed by atoms with Crippen molar-refractivity contribution in [3.8, 4) is 11.1 Å². The lowest BCUT2D eigenvalue weighted by atomic mass is 10.0. The third-order valence-electron chi connectivity index (χ3n) is 6.53. The molecule has 0 aliphatic carbocycles. The molecule has 2 N–H and O–H groups in total. The number of H-pyrrole nitrogens is 1. The Kier molecular flexibility index (Phi) is 5.35. The molecule has 35 heavy (non-hydrogen) atoms. The normalized spacial score (nSPS) is 14.5. The number of nitrogens with zero attached hydrogens (tertiary/aromatic N) is 5. The molecule has 0 radical (unpaired) electrons. The summed E-state index contributed by atoms with van der Waals surface area (Å²) in [4.78, 5) is 34.2.